The van der Waals surface area contributed by atoms with Crippen LogP contribution in [0.4, 0.5) is 0 Å². The van der Waals surface area contributed by atoms with Crippen LogP contribution < -0.4 is 4.74 Å². The molecule has 0 atom stereocenters. The van der Waals surface area contributed by atoms with Crippen LogP contribution in [0.1, 0.15) is 38.5 Å². The molecule has 0 aliphatic heterocycles. The van der Waals surface area contributed by atoms with Gasteiger partial charge in [0.1, 0.15) is 5.75 Å². The van der Waals surface area contributed by atoms with Crippen LogP contribution in [0.25, 0.3) is 10.8 Å². The van der Waals surface area contributed by atoms with Crippen LogP contribution in [0.5, 0.6) is 5.75 Å². The number of benzene rings is 2. The average molecular weight is 309 g/mol. The Morgan fingerprint density at radius 3 is 2.43 bits per heavy atom. The zero-order valence-corrected chi connectivity index (χ0v) is 13.4. The van der Waals surface area contributed by atoms with Crippen molar-refractivity contribution in [1.82, 2.24) is 4.90 Å². The molecule has 3 nitrogen and oxygen atoms in total. The zero-order chi connectivity index (χ0) is 15.6. The first-order valence-corrected chi connectivity index (χ1v) is 8.74. The number of fused-ring (bicyclic) bond motifs is 1. The van der Waals surface area contributed by atoms with Crippen LogP contribution in [0, 0.1) is 0 Å². The molecule has 2 aliphatic rings. The van der Waals surface area contributed by atoms with E-state index in [1.54, 1.807) is 0 Å². The van der Waals surface area contributed by atoms with E-state index in [-0.39, 0.29) is 12.5 Å². The van der Waals surface area contributed by atoms with E-state index < -0.39 is 0 Å². The third-order valence-corrected chi connectivity index (χ3v) is 5.05. The van der Waals surface area contributed by atoms with Crippen molar-refractivity contribution in [1.29, 1.82) is 0 Å². The van der Waals surface area contributed by atoms with E-state index in [1.165, 1.54) is 12.8 Å². The van der Waals surface area contributed by atoms with Gasteiger partial charge in [-0.05, 0) is 37.1 Å². The van der Waals surface area contributed by atoms with Gasteiger partial charge in [0.05, 0.1) is 0 Å². The minimum atomic E-state index is 0.154. The molecule has 2 aromatic rings. The van der Waals surface area contributed by atoms with Gasteiger partial charge in [-0.25, -0.2) is 0 Å². The van der Waals surface area contributed by atoms with Crippen molar-refractivity contribution in [3.05, 3.63) is 42.5 Å². The minimum Gasteiger partial charge on any atom is -0.483 e. The summed E-state index contributed by atoms with van der Waals surface area (Å²) in [5, 5.41) is 2.22. The fraction of sp³-hybridized carbons (Fsp3) is 0.450. The lowest BCUT2D eigenvalue weighted by atomic mass is 10.1. The molecule has 0 unspecified atom stereocenters. The number of amides is 1. The van der Waals surface area contributed by atoms with Gasteiger partial charge in [-0.1, -0.05) is 49.2 Å². The van der Waals surface area contributed by atoms with E-state index in [4.69, 9.17) is 4.74 Å². The van der Waals surface area contributed by atoms with Crippen LogP contribution in [0.2, 0.25) is 0 Å². The topological polar surface area (TPSA) is 29.5 Å². The standard InChI is InChI=1S/C20H23NO2/c22-20(21(17-12-13-17)16-8-2-3-9-16)14-23-19-11-5-7-15-6-1-4-10-18(15)19/h1,4-7,10-11,16-17H,2-3,8-9,12-14H2. The molecule has 0 bridgehead atoms. The zero-order valence-electron chi connectivity index (χ0n) is 13.4. The lowest BCUT2D eigenvalue weighted by molar-refractivity contribution is -0.136. The van der Waals surface area contributed by atoms with Crippen LogP contribution in [-0.2, 0) is 4.79 Å². The first-order valence-electron chi connectivity index (χ1n) is 8.74. The number of nitrogens with zero attached hydrogens (tertiary/aromatic N) is 1. The second-order valence-corrected chi connectivity index (χ2v) is 6.74. The SMILES string of the molecule is O=C(COc1cccc2ccccc12)N(C1CCCC1)C1CC1. The maximum absolute atomic E-state index is 12.7. The molecule has 120 valence electrons. The van der Waals surface area contributed by atoms with Crippen molar-refractivity contribution in [2.75, 3.05) is 6.61 Å². The molecule has 2 fully saturated rings. The van der Waals surface area contributed by atoms with Gasteiger partial charge in [0.25, 0.3) is 5.91 Å². The minimum absolute atomic E-state index is 0.154. The Kier molecular flexibility index (Phi) is 3.94. The summed E-state index contributed by atoms with van der Waals surface area (Å²) in [6.07, 6.45) is 7.16. The fourth-order valence-corrected chi connectivity index (χ4v) is 3.78. The Balaban J connectivity index is 1.47. The summed E-state index contributed by atoms with van der Waals surface area (Å²) < 4.78 is 5.91. The molecule has 2 saturated carbocycles. The van der Waals surface area contributed by atoms with Crippen molar-refractivity contribution in [3.63, 3.8) is 0 Å². The Hall–Kier alpha value is -2.03. The van der Waals surface area contributed by atoms with Crippen molar-refractivity contribution >= 4 is 16.7 Å². The monoisotopic (exact) mass is 309 g/mol. The first-order chi connectivity index (χ1) is 11.3. The summed E-state index contributed by atoms with van der Waals surface area (Å²) in [6, 6.07) is 15.1. The molecule has 23 heavy (non-hydrogen) atoms. The predicted molar refractivity (Wildman–Crippen MR) is 91.6 cm³/mol. The normalized spacial score (nSPS) is 18.3. The van der Waals surface area contributed by atoms with Crippen LogP contribution in [-0.4, -0.2) is 29.5 Å². The van der Waals surface area contributed by atoms with Crippen LogP contribution in [0.15, 0.2) is 42.5 Å². The highest BCUT2D eigenvalue weighted by Crippen LogP contribution is 2.34. The van der Waals surface area contributed by atoms with Gasteiger partial charge >= 0.3 is 0 Å². The lowest BCUT2D eigenvalue weighted by Gasteiger charge is -2.29. The average Bonchev–Trinajstić information content (AvgIpc) is 3.27. The molecule has 2 aliphatic carbocycles. The third-order valence-electron chi connectivity index (χ3n) is 5.05. The van der Waals surface area contributed by atoms with E-state index in [9.17, 15) is 4.79 Å². The highest BCUT2D eigenvalue weighted by molar-refractivity contribution is 5.88. The molecule has 0 radical (unpaired) electrons. The van der Waals surface area contributed by atoms with Crippen LogP contribution >= 0.6 is 0 Å². The van der Waals surface area contributed by atoms with Gasteiger partial charge in [0.2, 0.25) is 0 Å². The smallest absolute Gasteiger partial charge is 0.261 e. The van der Waals surface area contributed by atoms with Crippen molar-refractivity contribution in [3.8, 4) is 5.75 Å². The van der Waals surface area contributed by atoms with Crippen molar-refractivity contribution in [2.24, 2.45) is 0 Å². The molecular formula is C20H23NO2. The number of carbonyl (C=O) groups is 1. The van der Waals surface area contributed by atoms with Gasteiger partial charge in [-0.3, -0.25) is 4.79 Å². The number of ether oxygens (including phenoxy) is 1. The predicted octanol–water partition coefficient (Wildman–Crippen LogP) is 4.15. The van der Waals surface area contributed by atoms with Crippen molar-refractivity contribution < 1.29 is 9.53 Å². The molecule has 0 spiro atoms. The molecule has 3 heteroatoms. The van der Waals surface area contributed by atoms with E-state index in [2.05, 4.69) is 17.0 Å². The molecule has 0 aromatic heterocycles. The van der Waals surface area contributed by atoms with Gasteiger partial charge in [-0.15, -0.1) is 0 Å². The second-order valence-electron chi connectivity index (χ2n) is 6.74. The Morgan fingerprint density at radius 1 is 0.957 bits per heavy atom. The summed E-state index contributed by atoms with van der Waals surface area (Å²) in [5.74, 6) is 0.964. The Morgan fingerprint density at radius 2 is 1.65 bits per heavy atom. The van der Waals surface area contributed by atoms with Gasteiger partial charge in [-0.2, -0.15) is 0 Å². The quantitative estimate of drug-likeness (QED) is 0.830. The second kappa shape index (κ2) is 6.23. The molecular weight excluding hydrogens is 286 g/mol. The first kappa shape index (κ1) is 14.6. The Bertz CT molecular complexity index is 696. The van der Waals surface area contributed by atoms with E-state index in [0.717, 1.165) is 42.2 Å². The Labute approximate surface area is 137 Å². The number of hydrogen-bond acceptors (Lipinski definition) is 2. The highest BCUT2D eigenvalue weighted by Gasteiger charge is 2.38. The maximum Gasteiger partial charge on any atom is 0.261 e. The summed E-state index contributed by atoms with van der Waals surface area (Å²) in [4.78, 5) is 14.9. The van der Waals surface area contributed by atoms with Gasteiger partial charge in [0, 0.05) is 17.5 Å². The van der Waals surface area contributed by atoms with Gasteiger partial charge in [0.15, 0.2) is 6.61 Å². The fourth-order valence-electron chi connectivity index (χ4n) is 3.78. The molecule has 1 amide bonds. The van der Waals surface area contributed by atoms with Crippen LogP contribution in [0.3, 0.4) is 0 Å². The van der Waals surface area contributed by atoms with E-state index >= 15 is 0 Å². The number of rotatable bonds is 5. The number of hydrogen-bond donors (Lipinski definition) is 0. The summed E-state index contributed by atoms with van der Waals surface area (Å²) in [6.45, 7) is 0.154. The largest absolute Gasteiger partial charge is 0.483 e. The van der Waals surface area contributed by atoms with Gasteiger partial charge < -0.3 is 9.64 Å². The molecule has 0 N–H and O–H groups in total. The van der Waals surface area contributed by atoms with Crippen molar-refractivity contribution in [2.45, 2.75) is 50.6 Å². The molecule has 0 saturated heterocycles. The summed E-state index contributed by atoms with van der Waals surface area (Å²) >= 11 is 0. The van der Waals surface area contributed by atoms with E-state index in [1.807, 2.05) is 30.3 Å². The lowest BCUT2D eigenvalue weighted by Crippen LogP contribution is -2.43. The summed E-state index contributed by atoms with van der Waals surface area (Å²) in [5.41, 5.74) is 0. The molecule has 2 aromatic carbocycles. The summed E-state index contributed by atoms with van der Waals surface area (Å²) in [7, 11) is 0. The molecule has 0 heterocycles. The third kappa shape index (κ3) is 3.05. The molecule has 4 rings (SSSR count). The number of carbonyl (C=O) groups excluding carboxylic acids is 1. The maximum atomic E-state index is 12.7. The highest BCUT2D eigenvalue weighted by atomic mass is 16.5. The van der Waals surface area contributed by atoms with E-state index in [0.29, 0.717) is 12.1 Å².